The number of hydrogen-bond acceptors (Lipinski definition) is 7. The molecule has 1 aromatic rings. The van der Waals surface area contributed by atoms with Gasteiger partial charge in [-0.1, -0.05) is 56.5 Å². The molecule has 0 fully saturated rings. The first-order valence-electron chi connectivity index (χ1n) is 12.0. The van der Waals surface area contributed by atoms with Crippen molar-refractivity contribution in [2.75, 3.05) is 6.61 Å². The predicted octanol–water partition coefficient (Wildman–Crippen LogP) is 4.67. The van der Waals surface area contributed by atoms with E-state index in [1.54, 1.807) is 25.1 Å². The van der Waals surface area contributed by atoms with Crippen LogP contribution in [-0.2, 0) is 28.6 Å². The summed E-state index contributed by atoms with van der Waals surface area (Å²) in [6.07, 6.45) is 2.90. The Morgan fingerprint density at radius 3 is 2.37 bits per heavy atom. The summed E-state index contributed by atoms with van der Waals surface area (Å²) >= 11 is 0. The van der Waals surface area contributed by atoms with Crippen molar-refractivity contribution in [2.45, 2.75) is 83.8 Å². The van der Waals surface area contributed by atoms with E-state index in [4.69, 9.17) is 8.92 Å². The first-order chi connectivity index (χ1) is 16.3. The predicted molar refractivity (Wildman–Crippen MR) is 134 cm³/mol. The lowest BCUT2D eigenvalue weighted by molar-refractivity contribution is -0.154. The molecule has 7 nitrogen and oxygen atoms in total. The van der Waals surface area contributed by atoms with Crippen molar-refractivity contribution in [1.82, 2.24) is 0 Å². The van der Waals surface area contributed by atoms with Crippen LogP contribution in [0.2, 0.25) is 0 Å². The number of benzene rings is 1. The minimum absolute atomic E-state index is 0.0349. The van der Waals surface area contributed by atoms with Crippen LogP contribution in [0.25, 0.3) is 0 Å². The van der Waals surface area contributed by atoms with E-state index in [0.29, 0.717) is 31.3 Å². The van der Waals surface area contributed by atoms with E-state index in [9.17, 15) is 23.1 Å². The lowest BCUT2D eigenvalue weighted by Crippen LogP contribution is -2.40. The van der Waals surface area contributed by atoms with Crippen LogP contribution in [0.5, 0.6) is 0 Å². The summed E-state index contributed by atoms with van der Waals surface area (Å²) in [6.45, 7) is 12.5. The van der Waals surface area contributed by atoms with Gasteiger partial charge in [0.05, 0.1) is 11.0 Å². The third kappa shape index (κ3) is 7.35. The van der Waals surface area contributed by atoms with Crippen LogP contribution >= 0.6 is 0 Å². The molecule has 4 atom stereocenters. The second-order valence-electron chi connectivity index (χ2n) is 9.65. The molecule has 35 heavy (non-hydrogen) atoms. The third-order valence-corrected chi connectivity index (χ3v) is 8.18. The molecule has 0 saturated carbocycles. The van der Waals surface area contributed by atoms with Crippen molar-refractivity contribution < 1.29 is 32.0 Å². The topological polar surface area (TPSA) is 107 Å². The summed E-state index contributed by atoms with van der Waals surface area (Å²) in [5, 5.41) is 11.2. The molecule has 1 aliphatic carbocycles. The molecular formula is C27H38O7S. The number of carbonyl (C=O) groups excluding carboxylic acids is 2. The SMILES string of the molecule is C=C[C@](C)(C[C@H](CCC)OC(=O)COS(=O)(=O)c1ccc(C)cc1)[C@@H](O)[C@H](C)C1=C(C)C(=O)CC1. The molecule has 0 aromatic heterocycles. The summed E-state index contributed by atoms with van der Waals surface area (Å²) in [7, 11) is -4.09. The van der Waals surface area contributed by atoms with Crippen molar-refractivity contribution in [3.63, 3.8) is 0 Å². The first-order valence-corrected chi connectivity index (χ1v) is 13.5. The van der Waals surface area contributed by atoms with E-state index in [1.165, 1.54) is 12.1 Å². The van der Waals surface area contributed by atoms with E-state index >= 15 is 0 Å². The van der Waals surface area contributed by atoms with Crippen molar-refractivity contribution in [2.24, 2.45) is 11.3 Å². The Hall–Kier alpha value is -2.29. The van der Waals surface area contributed by atoms with Gasteiger partial charge in [0.2, 0.25) is 0 Å². The Morgan fingerprint density at radius 2 is 1.86 bits per heavy atom. The van der Waals surface area contributed by atoms with Crippen molar-refractivity contribution in [1.29, 1.82) is 0 Å². The average Bonchev–Trinajstić information content (AvgIpc) is 3.15. The van der Waals surface area contributed by atoms with Crippen LogP contribution in [0.4, 0.5) is 0 Å². The van der Waals surface area contributed by atoms with Gasteiger partial charge in [-0.05, 0) is 50.8 Å². The number of ether oxygens (including phenoxy) is 1. The molecule has 0 saturated heterocycles. The van der Waals surface area contributed by atoms with Crippen molar-refractivity contribution in [3.05, 3.63) is 53.6 Å². The molecule has 8 heteroatoms. The van der Waals surface area contributed by atoms with Crippen LogP contribution in [-0.4, -0.2) is 44.1 Å². The molecule has 0 heterocycles. The fraction of sp³-hybridized carbons (Fsp3) is 0.556. The van der Waals surface area contributed by atoms with Crippen LogP contribution in [0.3, 0.4) is 0 Å². The van der Waals surface area contributed by atoms with Gasteiger partial charge in [-0.3, -0.25) is 8.98 Å². The van der Waals surface area contributed by atoms with E-state index in [1.807, 2.05) is 27.7 Å². The Balaban J connectivity index is 2.07. The van der Waals surface area contributed by atoms with Crippen molar-refractivity contribution in [3.8, 4) is 0 Å². The minimum atomic E-state index is -4.09. The molecule has 194 valence electrons. The van der Waals surface area contributed by atoms with E-state index < -0.39 is 40.3 Å². The Morgan fingerprint density at radius 1 is 1.23 bits per heavy atom. The summed E-state index contributed by atoms with van der Waals surface area (Å²) in [5.41, 5.74) is 1.77. The van der Waals surface area contributed by atoms with Gasteiger partial charge < -0.3 is 9.84 Å². The summed E-state index contributed by atoms with van der Waals surface area (Å²) in [6, 6.07) is 6.13. The lowest BCUT2D eigenvalue weighted by atomic mass is 9.72. The first kappa shape index (κ1) is 28.9. The zero-order valence-electron chi connectivity index (χ0n) is 21.4. The summed E-state index contributed by atoms with van der Waals surface area (Å²) < 4.78 is 35.2. The molecule has 0 bridgehead atoms. The highest BCUT2D eigenvalue weighted by atomic mass is 32.2. The molecule has 0 aliphatic heterocycles. The van der Waals surface area contributed by atoms with Crippen molar-refractivity contribution >= 4 is 21.9 Å². The number of allylic oxidation sites excluding steroid dienone is 1. The Kier molecular flexibility index (Phi) is 10.0. The second-order valence-corrected chi connectivity index (χ2v) is 11.3. The lowest BCUT2D eigenvalue weighted by Gasteiger charge is -2.38. The Labute approximate surface area is 209 Å². The highest BCUT2D eigenvalue weighted by Crippen LogP contribution is 2.40. The molecule has 1 N–H and O–H groups in total. The summed E-state index contributed by atoms with van der Waals surface area (Å²) in [4.78, 5) is 24.4. The van der Waals surface area contributed by atoms with Gasteiger partial charge in [0.25, 0.3) is 10.1 Å². The fourth-order valence-corrected chi connectivity index (χ4v) is 5.45. The Bertz CT molecular complexity index is 1060. The largest absolute Gasteiger partial charge is 0.461 e. The van der Waals surface area contributed by atoms with E-state index in [2.05, 4.69) is 6.58 Å². The zero-order valence-corrected chi connectivity index (χ0v) is 22.2. The smallest absolute Gasteiger partial charge is 0.333 e. The summed E-state index contributed by atoms with van der Waals surface area (Å²) in [5.74, 6) is -0.948. The molecule has 2 rings (SSSR count). The molecule has 0 amide bonds. The maximum absolute atomic E-state index is 12.5. The van der Waals surface area contributed by atoms with Gasteiger partial charge >= 0.3 is 5.97 Å². The standard InChI is InChI=1S/C27H38O7S/c1-7-9-21(34-25(29)17-33-35(31,32)22-12-10-18(3)11-13-22)16-27(6,8-2)26(30)20(5)23-14-15-24(28)19(23)4/h8,10-13,20-21,26,30H,2,7,9,14-17H2,1,3-6H3/t20-,21+,26+,27-/m1/s1. The highest BCUT2D eigenvalue weighted by Gasteiger charge is 2.39. The molecule has 0 unspecified atom stereocenters. The molecule has 1 aromatic carbocycles. The third-order valence-electron chi connectivity index (χ3n) is 6.90. The monoisotopic (exact) mass is 506 g/mol. The fourth-order valence-electron chi connectivity index (χ4n) is 4.59. The molecule has 1 aliphatic rings. The zero-order chi connectivity index (χ0) is 26.4. The molecular weight excluding hydrogens is 468 g/mol. The maximum atomic E-state index is 12.5. The number of ketones is 1. The average molecular weight is 507 g/mol. The molecule has 0 spiro atoms. The molecule has 0 radical (unpaired) electrons. The number of hydrogen-bond donors (Lipinski definition) is 1. The number of Topliss-reactive ketones (excluding diaryl/α,β-unsaturated/α-hetero) is 1. The number of aliphatic hydroxyl groups is 1. The van der Waals surface area contributed by atoms with Gasteiger partial charge in [0, 0.05) is 17.8 Å². The van der Waals surface area contributed by atoms with Crippen LogP contribution in [0.15, 0.2) is 53.0 Å². The number of aliphatic hydroxyl groups excluding tert-OH is 1. The second kappa shape index (κ2) is 12.1. The van der Waals surface area contributed by atoms with E-state index in [0.717, 1.165) is 17.6 Å². The van der Waals surface area contributed by atoms with Gasteiger partial charge in [-0.2, -0.15) is 8.42 Å². The maximum Gasteiger partial charge on any atom is 0.333 e. The van der Waals surface area contributed by atoms with Crippen LogP contribution in [0.1, 0.15) is 65.4 Å². The van der Waals surface area contributed by atoms with Crippen LogP contribution < -0.4 is 0 Å². The number of rotatable bonds is 13. The number of carbonyl (C=O) groups is 2. The van der Waals surface area contributed by atoms with E-state index in [-0.39, 0.29) is 16.6 Å². The van der Waals surface area contributed by atoms with Gasteiger partial charge in [-0.15, -0.1) is 6.58 Å². The van der Waals surface area contributed by atoms with Gasteiger partial charge in [0.1, 0.15) is 6.10 Å². The normalized spacial score (nSPS) is 18.6. The van der Waals surface area contributed by atoms with Crippen LogP contribution in [0, 0.1) is 18.3 Å². The number of esters is 1. The van der Waals surface area contributed by atoms with Gasteiger partial charge in [-0.25, -0.2) is 4.79 Å². The number of aryl methyl sites for hydroxylation is 1. The quantitative estimate of drug-likeness (QED) is 0.235. The van der Waals surface area contributed by atoms with Gasteiger partial charge in [0.15, 0.2) is 12.4 Å². The minimum Gasteiger partial charge on any atom is -0.461 e. The highest BCUT2D eigenvalue weighted by molar-refractivity contribution is 7.86.